The highest BCUT2D eigenvalue weighted by atomic mass is 35.5. The van der Waals surface area contributed by atoms with Crippen molar-refractivity contribution in [1.82, 2.24) is 0 Å². The lowest BCUT2D eigenvalue weighted by molar-refractivity contribution is -0.185. The van der Waals surface area contributed by atoms with Crippen molar-refractivity contribution in [2.75, 3.05) is 5.32 Å². The van der Waals surface area contributed by atoms with E-state index in [-0.39, 0.29) is 17.9 Å². The van der Waals surface area contributed by atoms with Crippen LogP contribution in [-0.4, -0.2) is 36.1 Å². The Balaban J connectivity index is 3.30. The Labute approximate surface area is 174 Å². The van der Waals surface area contributed by atoms with Crippen molar-refractivity contribution >= 4 is 39.6 Å². The van der Waals surface area contributed by atoms with Crippen molar-refractivity contribution in [2.45, 2.75) is 39.3 Å². The minimum absolute atomic E-state index is 0.0833. The first-order chi connectivity index (χ1) is 13.5. The third-order valence-corrected chi connectivity index (χ3v) is 4.43. The molecule has 0 spiro atoms. The number of hydrogen-bond donors (Lipinski definition) is 3. The summed E-state index contributed by atoms with van der Waals surface area (Å²) in [5.41, 5.74) is -0.671. The van der Waals surface area contributed by atoms with Crippen LogP contribution >= 0.6 is 11.6 Å². The van der Waals surface area contributed by atoms with Crippen LogP contribution in [0.3, 0.4) is 0 Å². The van der Waals surface area contributed by atoms with E-state index in [0.29, 0.717) is 0 Å². The molecule has 14 heteroatoms. The van der Waals surface area contributed by atoms with Crippen LogP contribution in [0.25, 0.3) is 0 Å². The fraction of sp³-hybridized carbons (Fsp3) is 0.500. The Bertz CT molecular complexity index is 919. The number of aliphatic carboxylic acids is 1. The maximum atomic E-state index is 14.6. The Morgan fingerprint density at radius 1 is 1.27 bits per heavy atom. The Kier molecular flexibility index (Phi) is 8.46. The molecule has 1 aromatic carbocycles. The number of halogens is 5. The lowest BCUT2D eigenvalue weighted by Crippen LogP contribution is -2.30. The standard InChI is InChI=1S/C16H18ClF4NO7S/c1-7(2)3-8-4-10(14(18)15(13(8)17)29-30(26,27)28)22-11(23)5-9(6-12(24)25)16(19,20)21/h4,7,9H,3,5-6H2,1-2H3,(H,22,23)(H,24,25)(H,26,27,28). The first-order valence-corrected chi connectivity index (χ1v) is 10.0. The number of carboxylic acids is 1. The van der Waals surface area contributed by atoms with Gasteiger partial charge in [0.15, 0.2) is 5.82 Å². The second kappa shape index (κ2) is 9.79. The number of rotatable bonds is 9. The quantitative estimate of drug-likeness (QED) is 0.362. The van der Waals surface area contributed by atoms with Crippen molar-refractivity contribution in [3.05, 3.63) is 22.5 Å². The van der Waals surface area contributed by atoms with Gasteiger partial charge in [-0.2, -0.15) is 21.6 Å². The highest BCUT2D eigenvalue weighted by molar-refractivity contribution is 7.81. The number of alkyl halides is 3. The molecule has 1 unspecified atom stereocenters. The third kappa shape index (κ3) is 7.95. The first-order valence-electron chi connectivity index (χ1n) is 8.27. The van der Waals surface area contributed by atoms with Gasteiger partial charge in [-0.15, -0.1) is 0 Å². The van der Waals surface area contributed by atoms with E-state index in [2.05, 4.69) is 4.18 Å². The maximum Gasteiger partial charge on any atom is 0.446 e. The molecular weight excluding hydrogens is 462 g/mol. The molecule has 0 aromatic heterocycles. The van der Waals surface area contributed by atoms with E-state index in [1.54, 1.807) is 13.8 Å². The molecular formula is C16H18ClF4NO7S. The summed E-state index contributed by atoms with van der Waals surface area (Å²) in [5, 5.41) is 9.90. The number of carboxylic acid groups (broad SMARTS) is 1. The minimum atomic E-state index is -5.22. The van der Waals surface area contributed by atoms with Gasteiger partial charge in [0, 0.05) is 6.42 Å². The van der Waals surface area contributed by atoms with E-state index < -0.39 is 69.5 Å². The molecule has 1 atom stereocenters. The second-order valence-corrected chi connectivity index (χ2v) is 8.14. The number of carbonyl (C=O) groups excluding carboxylic acids is 1. The molecule has 1 aromatic rings. The van der Waals surface area contributed by atoms with Gasteiger partial charge in [-0.1, -0.05) is 25.4 Å². The van der Waals surface area contributed by atoms with Crippen LogP contribution in [0.15, 0.2) is 6.07 Å². The van der Waals surface area contributed by atoms with Gasteiger partial charge in [-0.05, 0) is 24.0 Å². The number of anilines is 1. The topological polar surface area (TPSA) is 130 Å². The molecule has 1 rings (SSSR count). The van der Waals surface area contributed by atoms with Gasteiger partial charge in [-0.25, -0.2) is 4.39 Å². The summed E-state index contributed by atoms with van der Waals surface area (Å²) >= 11 is 5.91. The molecule has 0 heterocycles. The fourth-order valence-corrected chi connectivity index (χ4v) is 3.13. The second-order valence-electron chi connectivity index (χ2n) is 6.74. The lowest BCUT2D eigenvalue weighted by atomic mass is 9.99. The number of nitrogens with one attached hydrogen (secondary N) is 1. The molecule has 8 nitrogen and oxygen atoms in total. The van der Waals surface area contributed by atoms with Crippen molar-refractivity contribution in [3.63, 3.8) is 0 Å². The van der Waals surface area contributed by atoms with Gasteiger partial charge in [0.1, 0.15) is 0 Å². The van der Waals surface area contributed by atoms with E-state index >= 15 is 0 Å². The highest BCUT2D eigenvalue weighted by Gasteiger charge is 2.42. The van der Waals surface area contributed by atoms with Crippen LogP contribution in [0.4, 0.5) is 23.2 Å². The van der Waals surface area contributed by atoms with E-state index in [1.165, 1.54) is 0 Å². The summed E-state index contributed by atoms with van der Waals surface area (Å²) in [5.74, 6) is -8.50. The predicted octanol–water partition coefficient (Wildman–Crippen LogP) is 3.84. The summed E-state index contributed by atoms with van der Waals surface area (Å²) in [6, 6.07) is 0.978. The molecule has 30 heavy (non-hydrogen) atoms. The van der Waals surface area contributed by atoms with Gasteiger partial charge in [-0.3, -0.25) is 14.1 Å². The summed E-state index contributed by atoms with van der Waals surface area (Å²) in [6.07, 6.45) is -7.58. The van der Waals surface area contributed by atoms with E-state index in [4.69, 9.17) is 21.3 Å². The molecule has 0 fully saturated rings. The highest BCUT2D eigenvalue weighted by Crippen LogP contribution is 2.38. The van der Waals surface area contributed by atoms with E-state index in [9.17, 15) is 35.6 Å². The summed E-state index contributed by atoms with van der Waals surface area (Å²) < 4.78 is 88.2. The smallest absolute Gasteiger partial charge is 0.446 e. The third-order valence-electron chi connectivity index (χ3n) is 3.64. The van der Waals surface area contributed by atoms with Crippen LogP contribution in [0.2, 0.25) is 5.02 Å². The van der Waals surface area contributed by atoms with Gasteiger partial charge >= 0.3 is 22.5 Å². The first kappa shape index (κ1) is 25.9. The zero-order chi connectivity index (χ0) is 23.4. The summed E-state index contributed by atoms with van der Waals surface area (Å²) in [6.45, 7) is 3.45. The number of carbonyl (C=O) groups is 2. The predicted molar refractivity (Wildman–Crippen MR) is 97.2 cm³/mol. The van der Waals surface area contributed by atoms with Crippen LogP contribution in [-0.2, 0) is 26.4 Å². The SMILES string of the molecule is CC(C)Cc1cc(NC(=O)CC(CC(=O)O)C(F)(F)F)c(F)c(OS(=O)(=O)O)c1Cl. The molecule has 0 aliphatic rings. The monoisotopic (exact) mass is 479 g/mol. The molecule has 0 aliphatic carbocycles. The molecule has 3 N–H and O–H groups in total. The summed E-state index contributed by atoms with van der Waals surface area (Å²) in [7, 11) is -5.22. The zero-order valence-electron chi connectivity index (χ0n) is 15.6. The van der Waals surface area contributed by atoms with Gasteiger partial charge in [0.05, 0.1) is 23.0 Å². The van der Waals surface area contributed by atoms with Crippen molar-refractivity contribution in [2.24, 2.45) is 11.8 Å². The van der Waals surface area contributed by atoms with Crippen LogP contribution in [0, 0.1) is 17.7 Å². The average Bonchev–Trinajstić information content (AvgIpc) is 2.52. The van der Waals surface area contributed by atoms with Crippen molar-refractivity contribution < 1.29 is 49.4 Å². The molecule has 0 bridgehead atoms. The largest absolute Gasteiger partial charge is 0.481 e. The molecule has 0 radical (unpaired) electrons. The Hall–Kier alpha value is -2.12. The van der Waals surface area contributed by atoms with Gasteiger partial charge in [0.25, 0.3) is 0 Å². The van der Waals surface area contributed by atoms with E-state index in [1.807, 2.05) is 5.32 Å². The number of benzene rings is 1. The van der Waals surface area contributed by atoms with E-state index in [0.717, 1.165) is 6.07 Å². The molecule has 0 saturated heterocycles. The maximum absolute atomic E-state index is 14.6. The molecule has 0 aliphatic heterocycles. The Morgan fingerprint density at radius 2 is 1.83 bits per heavy atom. The zero-order valence-corrected chi connectivity index (χ0v) is 17.2. The van der Waals surface area contributed by atoms with Crippen LogP contribution < -0.4 is 9.50 Å². The fourth-order valence-electron chi connectivity index (χ4n) is 2.46. The normalized spacial score (nSPS) is 13.2. The van der Waals surface area contributed by atoms with Crippen molar-refractivity contribution in [3.8, 4) is 5.75 Å². The molecule has 0 saturated carbocycles. The average molecular weight is 480 g/mol. The van der Waals surface area contributed by atoms with Gasteiger partial charge in [0.2, 0.25) is 11.7 Å². The van der Waals surface area contributed by atoms with Crippen LogP contribution in [0.5, 0.6) is 5.75 Å². The Morgan fingerprint density at radius 3 is 2.27 bits per heavy atom. The number of hydrogen-bond acceptors (Lipinski definition) is 5. The molecule has 170 valence electrons. The lowest BCUT2D eigenvalue weighted by Gasteiger charge is -2.19. The minimum Gasteiger partial charge on any atom is -0.481 e. The number of amides is 1. The molecule has 1 amide bonds. The van der Waals surface area contributed by atoms with Gasteiger partial charge < -0.3 is 14.6 Å². The van der Waals surface area contributed by atoms with Crippen LogP contribution in [0.1, 0.15) is 32.3 Å². The van der Waals surface area contributed by atoms with Crippen molar-refractivity contribution in [1.29, 1.82) is 0 Å². The summed E-state index contributed by atoms with van der Waals surface area (Å²) in [4.78, 5) is 22.6.